The Labute approximate surface area is 108 Å². The molecule has 0 aromatic heterocycles. The molecule has 0 bridgehead atoms. The summed E-state index contributed by atoms with van der Waals surface area (Å²) in [5.74, 6) is 0.0420. The summed E-state index contributed by atoms with van der Waals surface area (Å²) in [6.45, 7) is 2.05. The van der Waals surface area contributed by atoms with Crippen molar-refractivity contribution in [2.75, 3.05) is 18.5 Å². The number of aliphatic hydroxyl groups excluding tert-OH is 1. The van der Waals surface area contributed by atoms with Crippen LogP contribution in [0.4, 0.5) is 5.69 Å². The van der Waals surface area contributed by atoms with Crippen LogP contribution in [-0.2, 0) is 4.79 Å². The summed E-state index contributed by atoms with van der Waals surface area (Å²) in [6.07, 6.45) is 1.66. The van der Waals surface area contributed by atoms with E-state index < -0.39 is 6.10 Å². The van der Waals surface area contributed by atoms with Crippen molar-refractivity contribution in [3.8, 4) is 0 Å². The van der Waals surface area contributed by atoms with E-state index in [1.807, 2.05) is 36.2 Å². The molecule has 1 fully saturated rings. The molecule has 4 heteroatoms. The van der Waals surface area contributed by atoms with Crippen LogP contribution in [0.25, 0.3) is 0 Å². The highest BCUT2D eigenvalue weighted by Crippen LogP contribution is 2.25. The van der Waals surface area contributed by atoms with E-state index in [1.165, 1.54) is 0 Å². The highest BCUT2D eigenvalue weighted by atomic mass is 16.3. The van der Waals surface area contributed by atoms with E-state index in [4.69, 9.17) is 0 Å². The highest BCUT2D eigenvalue weighted by Gasteiger charge is 2.24. The molecule has 0 spiro atoms. The Bertz CT molecular complexity index is 428. The third-order valence-corrected chi connectivity index (χ3v) is 3.12. The molecule has 0 saturated heterocycles. The third-order valence-electron chi connectivity index (χ3n) is 3.12. The van der Waals surface area contributed by atoms with Crippen molar-refractivity contribution in [3.05, 3.63) is 29.8 Å². The second-order valence-electron chi connectivity index (χ2n) is 4.93. The molecule has 2 rings (SSSR count). The van der Waals surface area contributed by atoms with Gasteiger partial charge < -0.3 is 15.3 Å². The number of para-hydroxylation sites is 1. The van der Waals surface area contributed by atoms with E-state index >= 15 is 0 Å². The van der Waals surface area contributed by atoms with Gasteiger partial charge in [-0.1, -0.05) is 18.2 Å². The van der Waals surface area contributed by atoms with Gasteiger partial charge in [-0.15, -0.1) is 0 Å². The molecule has 1 aliphatic carbocycles. The minimum absolute atomic E-state index is 0.0420. The fourth-order valence-electron chi connectivity index (χ4n) is 1.99. The molecule has 1 aromatic carbocycles. The number of rotatable bonds is 5. The number of nitrogens with one attached hydrogen (secondary N) is 1. The van der Waals surface area contributed by atoms with Gasteiger partial charge in [-0.25, -0.2) is 0 Å². The number of amides is 1. The molecule has 1 aromatic rings. The Kier molecular flexibility index (Phi) is 3.87. The zero-order chi connectivity index (χ0) is 13.1. The van der Waals surface area contributed by atoms with Gasteiger partial charge in [-0.2, -0.15) is 0 Å². The molecule has 4 nitrogen and oxygen atoms in total. The van der Waals surface area contributed by atoms with E-state index in [0.29, 0.717) is 12.6 Å². The molecule has 18 heavy (non-hydrogen) atoms. The summed E-state index contributed by atoms with van der Waals surface area (Å²) in [5, 5.41) is 12.7. The average molecular weight is 248 g/mol. The standard InChI is InChI=1S/C14H20N2O2/c1-10(17)12-5-3-4-6-13(12)16(2)9-14(18)15-11-7-8-11/h3-6,10-11,17H,7-9H2,1-2H3,(H,15,18). The van der Waals surface area contributed by atoms with Crippen LogP contribution in [0.1, 0.15) is 31.4 Å². The first kappa shape index (κ1) is 12.9. The van der Waals surface area contributed by atoms with Crippen LogP contribution in [0.15, 0.2) is 24.3 Å². The molecule has 1 aliphatic rings. The van der Waals surface area contributed by atoms with E-state index in [1.54, 1.807) is 6.92 Å². The van der Waals surface area contributed by atoms with Crippen LogP contribution in [0.3, 0.4) is 0 Å². The molecule has 1 unspecified atom stereocenters. The SMILES string of the molecule is CC(O)c1ccccc1N(C)CC(=O)NC1CC1. The van der Waals surface area contributed by atoms with Gasteiger partial charge in [0, 0.05) is 24.3 Å². The lowest BCUT2D eigenvalue weighted by atomic mass is 10.1. The predicted octanol–water partition coefficient (Wildman–Crippen LogP) is 1.45. The topological polar surface area (TPSA) is 52.6 Å². The predicted molar refractivity (Wildman–Crippen MR) is 71.5 cm³/mol. The Morgan fingerprint density at radius 2 is 2.17 bits per heavy atom. The Morgan fingerprint density at radius 3 is 2.78 bits per heavy atom. The summed E-state index contributed by atoms with van der Waals surface area (Å²) in [5.41, 5.74) is 1.75. The van der Waals surface area contributed by atoms with Gasteiger partial charge in [-0.05, 0) is 25.8 Å². The quantitative estimate of drug-likeness (QED) is 0.829. The van der Waals surface area contributed by atoms with Gasteiger partial charge in [0.1, 0.15) is 0 Å². The summed E-state index contributed by atoms with van der Waals surface area (Å²) in [6, 6.07) is 8.00. The largest absolute Gasteiger partial charge is 0.389 e. The summed E-state index contributed by atoms with van der Waals surface area (Å²) in [4.78, 5) is 13.6. The van der Waals surface area contributed by atoms with Crippen LogP contribution < -0.4 is 10.2 Å². The Morgan fingerprint density at radius 1 is 1.50 bits per heavy atom. The minimum Gasteiger partial charge on any atom is -0.389 e. The van der Waals surface area contributed by atoms with Crippen LogP contribution in [0.5, 0.6) is 0 Å². The lowest BCUT2D eigenvalue weighted by Gasteiger charge is -2.23. The maximum atomic E-state index is 11.7. The van der Waals surface area contributed by atoms with Crippen molar-refractivity contribution in [1.82, 2.24) is 5.32 Å². The third kappa shape index (κ3) is 3.23. The van der Waals surface area contributed by atoms with E-state index in [-0.39, 0.29) is 5.91 Å². The van der Waals surface area contributed by atoms with Gasteiger partial charge in [0.15, 0.2) is 0 Å². The van der Waals surface area contributed by atoms with Crippen molar-refractivity contribution in [3.63, 3.8) is 0 Å². The van der Waals surface area contributed by atoms with Crippen LogP contribution >= 0.6 is 0 Å². The molecule has 1 saturated carbocycles. The second kappa shape index (κ2) is 5.40. The molecule has 0 heterocycles. The summed E-state index contributed by atoms with van der Waals surface area (Å²) < 4.78 is 0. The first-order chi connectivity index (χ1) is 8.58. The summed E-state index contributed by atoms with van der Waals surface area (Å²) in [7, 11) is 1.87. The molecule has 2 N–H and O–H groups in total. The number of anilines is 1. The zero-order valence-corrected chi connectivity index (χ0v) is 10.9. The number of hydrogen-bond acceptors (Lipinski definition) is 3. The normalized spacial score (nSPS) is 16.2. The first-order valence-electron chi connectivity index (χ1n) is 6.35. The number of carbonyl (C=O) groups excluding carboxylic acids is 1. The van der Waals surface area contributed by atoms with Gasteiger partial charge in [0.25, 0.3) is 0 Å². The lowest BCUT2D eigenvalue weighted by molar-refractivity contribution is -0.119. The van der Waals surface area contributed by atoms with Crippen LogP contribution in [-0.4, -0.2) is 30.6 Å². The van der Waals surface area contributed by atoms with E-state index in [0.717, 1.165) is 24.1 Å². The van der Waals surface area contributed by atoms with Gasteiger partial charge in [0.2, 0.25) is 5.91 Å². The van der Waals surface area contributed by atoms with E-state index in [2.05, 4.69) is 5.32 Å². The minimum atomic E-state index is -0.532. The highest BCUT2D eigenvalue weighted by molar-refractivity contribution is 5.82. The van der Waals surface area contributed by atoms with Gasteiger partial charge in [-0.3, -0.25) is 4.79 Å². The number of likely N-dealkylation sites (N-methyl/N-ethyl adjacent to an activating group) is 1. The molecule has 98 valence electrons. The van der Waals surface area contributed by atoms with Crippen LogP contribution in [0, 0.1) is 0 Å². The fraction of sp³-hybridized carbons (Fsp3) is 0.500. The maximum Gasteiger partial charge on any atom is 0.239 e. The molecular formula is C14H20N2O2. The molecule has 1 amide bonds. The molecule has 1 atom stereocenters. The smallest absolute Gasteiger partial charge is 0.239 e. The lowest BCUT2D eigenvalue weighted by Crippen LogP contribution is -2.36. The number of aliphatic hydroxyl groups is 1. The fourth-order valence-corrected chi connectivity index (χ4v) is 1.99. The molecular weight excluding hydrogens is 228 g/mol. The maximum absolute atomic E-state index is 11.7. The van der Waals surface area contributed by atoms with Gasteiger partial charge in [0.05, 0.1) is 12.6 Å². The first-order valence-corrected chi connectivity index (χ1v) is 6.35. The number of benzene rings is 1. The van der Waals surface area contributed by atoms with Gasteiger partial charge >= 0.3 is 0 Å². The monoisotopic (exact) mass is 248 g/mol. The van der Waals surface area contributed by atoms with Crippen molar-refractivity contribution in [1.29, 1.82) is 0 Å². The number of hydrogen-bond donors (Lipinski definition) is 2. The molecule has 0 aliphatic heterocycles. The van der Waals surface area contributed by atoms with Crippen LogP contribution in [0.2, 0.25) is 0 Å². The van der Waals surface area contributed by atoms with Crippen molar-refractivity contribution in [2.24, 2.45) is 0 Å². The number of nitrogens with zero attached hydrogens (tertiary/aromatic N) is 1. The van der Waals surface area contributed by atoms with Crippen molar-refractivity contribution in [2.45, 2.75) is 31.9 Å². The molecule has 0 radical (unpaired) electrons. The average Bonchev–Trinajstić information content (AvgIpc) is 3.12. The Hall–Kier alpha value is -1.55. The zero-order valence-electron chi connectivity index (χ0n) is 10.9. The summed E-state index contributed by atoms with van der Waals surface area (Å²) >= 11 is 0. The van der Waals surface area contributed by atoms with E-state index in [9.17, 15) is 9.90 Å². The van der Waals surface area contributed by atoms with Crippen molar-refractivity contribution >= 4 is 11.6 Å². The second-order valence-corrected chi connectivity index (χ2v) is 4.93. The number of carbonyl (C=O) groups is 1. The van der Waals surface area contributed by atoms with Crippen molar-refractivity contribution < 1.29 is 9.90 Å². The Balaban J connectivity index is 2.02.